The summed E-state index contributed by atoms with van der Waals surface area (Å²) in [6.07, 6.45) is 0. The van der Waals surface area contributed by atoms with Crippen LogP contribution in [-0.4, -0.2) is 96.3 Å². The number of rotatable bonds is 6. The fourth-order valence-corrected chi connectivity index (χ4v) is 4.06. The van der Waals surface area contributed by atoms with E-state index in [0.717, 1.165) is 12.0 Å². The van der Waals surface area contributed by atoms with Crippen LogP contribution in [-0.2, 0) is 29.4 Å². The first-order valence-corrected chi connectivity index (χ1v) is 10.9. The van der Waals surface area contributed by atoms with Gasteiger partial charge in [-0.3, -0.25) is 9.59 Å². The molecule has 1 aromatic rings. The van der Waals surface area contributed by atoms with Crippen molar-refractivity contribution < 1.29 is 71.2 Å². The number of carbonyl (C=O) groups is 5. The molecule has 1 aromatic carbocycles. The number of nitrogens with zero attached hydrogens (tertiary/aromatic N) is 3. The summed E-state index contributed by atoms with van der Waals surface area (Å²) >= 11 is 0. The van der Waals surface area contributed by atoms with E-state index in [4.69, 9.17) is 0 Å². The molecule has 0 aliphatic carbocycles. The molecule has 2 heterocycles. The zero-order valence-corrected chi connectivity index (χ0v) is 21.3. The number of nitrogens with one attached hydrogen (secondary N) is 2. The molecule has 0 saturated carbocycles. The Balaban J connectivity index is 0.00000408. The third kappa shape index (κ3) is 5.50. The molecule has 2 saturated heterocycles. The SMILES string of the molecule is COC(=O)C1CN(C)C(=O)N1C(=O)NC(C(=O)NC1CN(S(=O)(=O)[O-])C1=O)c1ccccc1.[Na+]. The number of hydrogen-bond acceptors (Lipinski definition) is 9. The van der Waals surface area contributed by atoms with Crippen molar-refractivity contribution in [1.29, 1.82) is 0 Å². The molecule has 14 nitrogen and oxygen atoms in total. The Bertz CT molecular complexity index is 1100. The number of likely N-dealkylation sites (N-methyl/N-ethyl adjacent to an activating group) is 1. The summed E-state index contributed by atoms with van der Waals surface area (Å²) in [7, 11) is -2.51. The van der Waals surface area contributed by atoms with Gasteiger partial charge >= 0.3 is 47.6 Å². The molecule has 3 unspecified atom stereocenters. The normalized spacial score (nSPS) is 20.7. The number of esters is 1. The molecule has 16 heteroatoms. The molecule has 3 atom stereocenters. The van der Waals surface area contributed by atoms with Gasteiger partial charge in [0.2, 0.25) is 5.91 Å². The molecule has 3 rings (SSSR count). The zero-order valence-electron chi connectivity index (χ0n) is 18.5. The molecular weight excluding hydrogens is 485 g/mol. The second kappa shape index (κ2) is 10.7. The van der Waals surface area contributed by atoms with Crippen LogP contribution in [0.25, 0.3) is 0 Å². The molecule has 2 fully saturated rings. The number of urea groups is 2. The molecule has 6 amide bonds. The molecule has 2 aliphatic heterocycles. The summed E-state index contributed by atoms with van der Waals surface area (Å²) in [5.74, 6) is -2.84. The summed E-state index contributed by atoms with van der Waals surface area (Å²) in [5.41, 5.74) is 0.276. The summed E-state index contributed by atoms with van der Waals surface area (Å²) in [4.78, 5) is 63.9. The Kier molecular flexibility index (Phi) is 8.65. The van der Waals surface area contributed by atoms with Gasteiger partial charge in [-0.15, -0.1) is 0 Å². The largest absolute Gasteiger partial charge is 1.00 e. The van der Waals surface area contributed by atoms with Gasteiger partial charge in [0, 0.05) is 7.05 Å². The Morgan fingerprint density at radius 2 is 1.76 bits per heavy atom. The fourth-order valence-electron chi connectivity index (χ4n) is 3.38. The number of ether oxygens (including phenoxy) is 1. The average molecular weight is 505 g/mol. The van der Waals surface area contributed by atoms with Gasteiger partial charge in [0.05, 0.1) is 20.2 Å². The molecule has 178 valence electrons. The second-order valence-electron chi connectivity index (χ2n) is 7.25. The molecule has 0 aromatic heterocycles. The van der Waals surface area contributed by atoms with Crippen LogP contribution in [0.4, 0.5) is 9.59 Å². The summed E-state index contributed by atoms with van der Waals surface area (Å²) in [6.45, 7) is -0.664. The van der Waals surface area contributed by atoms with Crippen molar-refractivity contribution in [1.82, 2.24) is 24.7 Å². The summed E-state index contributed by atoms with van der Waals surface area (Å²) < 4.78 is 37.6. The number of methoxy groups -OCH3 is 1. The fraction of sp³-hybridized carbons (Fsp3) is 0.389. The molecule has 0 spiro atoms. The van der Waals surface area contributed by atoms with Crippen LogP contribution in [0.1, 0.15) is 11.6 Å². The Morgan fingerprint density at radius 3 is 2.29 bits per heavy atom. The van der Waals surface area contributed by atoms with Gasteiger partial charge < -0.3 is 24.8 Å². The summed E-state index contributed by atoms with van der Waals surface area (Å²) in [6, 6.07) is 2.01. The molecule has 2 aliphatic rings. The first-order valence-electron chi connectivity index (χ1n) is 9.51. The number of benzene rings is 1. The van der Waals surface area contributed by atoms with Crippen molar-refractivity contribution in [2.24, 2.45) is 0 Å². The van der Waals surface area contributed by atoms with Crippen LogP contribution < -0.4 is 40.2 Å². The second-order valence-corrected chi connectivity index (χ2v) is 8.55. The third-order valence-electron chi connectivity index (χ3n) is 5.12. The number of amides is 6. The minimum absolute atomic E-state index is 0. The van der Waals surface area contributed by atoms with E-state index in [2.05, 4.69) is 15.4 Å². The Morgan fingerprint density at radius 1 is 1.15 bits per heavy atom. The van der Waals surface area contributed by atoms with Crippen LogP contribution >= 0.6 is 0 Å². The minimum Gasteiger partial charge on any atom is -0.731 e. The van der Waals surface area contributed by atoms with Crippen molar-refractivity contribution in [2.75, 3.05) is 27.2 Å². The van der Waals surface area contributed by atoms with E-state index in [1.807, 2.05) is 0 Å². The van der Waals surface area contributed by atoms with E-state index in [1.54, 1.807) is 18.2 Å². The minimum atomic E-state index is -4.99. The first kappa shape index (κ1) is 27.5. The number of hydrogen-bond donors (Lipinski definition) is 2. The molecule has 0 radical (unpaired) electrons. The molecular formula is C18H20N5NaO9S. The average Bonchev–Trinajstić information content (AvgIpc) is 3.07. The van der Waals surface area contributed by atoms with Gasteiger partial charge in [-0.2, -0.15) is 0 Å². The van der Waals surface area contributed by atoms with E-state index in [0.29, 0.717) is 4.90 Å². The van der Waals surface area contributed by atoms with Gasteiger partial charge in [0.15, 0.2) is 16.3 Å². The topological polar surface area (TPSA) is 186 Å². The van der Waals surface area contributed by atoms with Crippen molar-refractivity contribution >= 4 is 40.2 Å². The van der Waals surface area contributed by atoms with E-state index in [-0.39, 0.29) is 46.0 Å². The van der Waals surface area contributed by atoms with Gasteiger partial charge in [-0.05, 0) is 5.56 Å². The Labute approximate surface area is 216 Å². The van der Waals surface area contributed by atoms with Gasteiger partial charge in [0.1, 0.15) is 12.1 Å². The molecule has 0 bridgehead atoms. The van der Waals surface area contributed by atoms with Gasteiger partial charge in [0.25, 0.3) is 5.91 Å². The summed E-state index contributed by atoms with van der Waals surface area (Å²) in [5, 5.41) is 4.63. The van der Waals surface area contributed by atoms with E-state index in [9.17, 15) is 36.9 Å². The number of β-lactam (4-membered cyclic amide) rings is 1. The predicted octanol–water partition coefficient (Wildman–Crippen LogP) is -4.86. The monoisotopic (exact) mass is 505 g/mol. The third-order valence-corrected chi connectivity index (χ3v) is 5.99. The van der Waals surface area contributed by atoms with Gasteiger partial charge in [-0.25, -0.2) is 32.0 Å². The van der Waals surface area contributed by atoms with E-state index < -0.39 is 64.8 Å². The predicted molar refractivity (Wildman–Crippen MR) is 107 cm³/mol. The van der Waals surface area contributed by atoms with Crippen LogP contribution in [0.15, 0.2) is 30.3 Å². The quantitative estimate of drug-likeness (QED) is 0.166. The first-order chi connectivity index (χ1) is 15.5. The van der Waals surface area contributed by atoms with Crippen LogP contribution in [0.3, 0.4) is 0 Å². The van der Waals surface area contributed by atoms with Crippen molar-refractivity contribution in [2.45, 2.75) is 18.1 Å². The standard InChI is InChI=1S/C18H21N5O9S.Na/c1-21-9-12(16(26)32-2)23(18(21)28)17(27)20-13(10-6-4-3-5-7-10)14(24)19-11-8-22(15(11)25)33(29,30)31;/h3-7,11-13H,8-9H2,1-2H3,(H,19,24)(H,20,27)(H,29,30,31);/q;+1/p-1. The van der Waals surface area contributed by atoms with Crippen LogP contribution in [0.5, 0.6) is 0 Å². The smallest absolute Gasteiger partial charge is 0.731 e. The van der Waals surface area contributed by atoms with Gasteiger partial charge in [-0.1, -0.05) is 30.3 Å². The Hall–Kier alpha value is -2.72. The van der Waals surface area contributed by atoms with E-state index in [1.165, 1.54) is 19.2 Å². The zero-order chi connectivity index (χ0) is 24.5. The van der Waals surface area contributed by atoms with Crippen molar-refractivity contribution in [3.63, 3.8) is 0 Å². The maximum atomic E-state index is 12.9. The number of imide groups is 1. The van der Waals surface area contributed by atoms with Crippen LogP contribution in [0.2, 0.25) is 0 Å². The van der Waals surface area contributed by atoms with E-state index >= 15 is 0 Å². The van der Waals surface area contributed by atoms with Crippen molar-refractivity contribution in [3.05, 3.63) is 35.9 Å². The molecule has 34 heavy (non-hydrogen) atoms. The maximum Gasteiger partial charge on any atom is 1.00 e. The maximum absolute atomic E-state index is 12.9. The number of carbonyl (C=O) groups excluding carboxylic acids is 5. The van der Waals surface area contributed by atoms with Crippen molar-refractivity contribution in [3.8, 4) is 0 Å². The van der Waals surface area contributed by atoms with Crippen LogP contribution in [0, 0.1) is 0 Å². The molecule has 2 N–H and O–H groups in total.